The number of fused-ring (bicyclic) bond motifs is 3. The fraction of sp³-hybridized carbons (Fsp3) is 0.400. The number of aryl methyl sites for hydroxylation is 1. The molecule has 1 aromatic heterocycles. The number of aromatic nitrogens is 1. The Hall–Kier alpha value is -1.81. The molecule has 0 fully saturated rings. The van der Waals surface area contributed by atoms with Gasteiger partial charge in [-0.1, -0.05) is 18.2 Å². The first-order chi connectivity index (χ1) is 9.22. The molecule has 2 heterocycles. The van der Waals surface area contributed by atoms with E-state index in [1.54, 1.807) is 0 Å². The summed E-state index contributed by atoms with van der Waals surface area (Å²) >= 11 is 0. The second kappa shape index (κ2) is 4.70. The Kier molecular flexibility index (Phi) is 3.03. The van der Waals surface area contributed by atoms with Crippen molar-refractivity contribution in [2.75, 3.05) is 6.61 Å². The third-order valence-corrected chi connectivity index (χ3v) is 3.77. The van der Waals surface area contributed by atoms with Gasteiger partial charge in [0.15, 0.2) is 0 Å². The highest BCUT2D eigenvalue weighted by molar-refractivity contribution is 5.86. The predicted molar refractivity (Wildman–Crippen MR) is 72.3 cm³/mol. The van der Waals surface area contributed by atoms with Gasteiger partial charge in [0, 0.05) is 17.4 Å². The Morgan fingerprint density at radius 1 is 1.47 bits per heavy atom. The third-order valence-electron chi connectivity index (χ3n) is 3.77. The summed E-state index contributed by atoms with van der Waals surface area (Å²) in [6.07, 6.45) is 0.566. The summed E-state index contributed by atoms with van der Waals surface area (Å²) in [4.78, 5) is 11.0. The number of aliphatic carboxylic acids is 1. The largest absolute Gasteiger partial charge is 0.481 e. The first-order valence-electron chi connectivity index (χ1n) is 6.65. The summed E-state index contributed by atoms with van der Waals surface area (Å²) in [6, 6.07) is 8.26. The summed E-state index contributed by atoms with van der Waals surface area (Å²) < 4.78 is 7.88. The lowest BCUT2D eigenvalue weighted by Crippen LogP contribution is -2.21. The molecule has 1 aliphatic rings. The van der Waals surface area contributed by atoms with Crippen LogP contribution in [0.5, 0.6) is 0 Å². The average Bonchev–Trinajstić information content (AvgIpc) is 2.73. The molecule has 1 aromatic carbocycles. The van der Waals surface area contributed by atoms with E-state index in [4.69, 9.17) is 9.84 Å². The van der Waals surface area contributed by atoms with Crippen molar-refractivity contribution in [3.8, 4) is 0 Å². The van der Waals surface area contributed by atoms with Crippen molar-refractivity contribution < 1.29 is 14.6 Å². The molecule has 0 saturated carbocycles. The minimum atomic E-state index is -0.814. The number of para-hydroxylation sites is 1. The van der Waals surface area contributed by atoms with Gasteiger partial charge in [-0.2, -0.15) is 0 Å². The van der Waals surface area contributed by atoms with Crippen LogP contribution in [-0.2, 0) is 22.5 Å². The zero-order chi connectivity index (χ0) is 13.4. The van der Waals surface area contributed by atoms with Gasteiger partial charge in [0.1, 0.15) is 6.10 Å². The molecule has 4 nitrogen and oxygen atoms in total. The summed E-state index contributed by atoms with van der Waals surface area (Å²) in [6.45, 7) is 3.51. The molecule has 4 heteroatoms. The van der Waals surface area contributed by atoms with Gasteiger partial charge in [-0.15, -0.1) is 0 Å². The zero-order valence-corrected chi connectivity index (χ0v) is 10.9. The lowest BCUT2D eigenvalue weighted by Gasteiger charge is -2.24. The maximum Gasteiger partial charge on any atom is 0.306 e. The number of carboxylic acids is 1. The van der Waals surface area contributed by atoms with Crippen molar-refractivity contribution in [1.82, 2.24) is 4.57 Å². The van der Waals surface area contributed by atoms with E-state index in [1.807, 2.05) is 12.1 Å². The van der Waals surface area contributed by atoms with Crippen LogP contribution in [0.4, 0.5) is 0 Å². The van der Waals surface area contributed by atoms with Gasteiger partial charge in [0.05, 0.1) is 18.7 Å². The molecule has 0 amide bonds. The van der Waals surface area contributed by atoms with Crippen LogP contribution in [0.2, 0.25) is 0 Å². The summed E-state index contributed by atoms with van der Waals surface area (Å²) in [5.41, 5.74) is 3.49. The van der Waals surface area contributed by atoms with E-state index in [-0.39, 0.29) is 12.5 Å². The first-order valence-corrected chi connectivity index (χ1v) is 6.65. The third kappa shape index (κ3) is 1.92. The number of hydrogen-bond acceptors (Lipinski definition) is 2. The Morgan fingerprint density at radius 2 is 2.26 bits per heavy atom. The zero-order valence-electron chi connectivity index (χ0n) is 10.9. The topological polar surface area (TPSA) is 51.5 Å². The van der Waals surface area contributed by atoms with Crippen molar-refractivity contribution in [3.63, 3.8) is 0 Å². The van der Waals surface area contributed by atoms with Crippen LogP contribution in [-0.4, -0.2) is 22.2 Å². The van der Waals surface area contributed by atoms with E-state index in [0.29, 0.717) is 6.61 Å². The van der Waals surface area contributed by atoms with Crippen LogP contribution in [0, 0.1) is 0 Å². The van der Waals surface area contributed by atoms with Crippen molar-refractivity contribution in [3.05, 3.63) is 35.5 Å². The van der Waals surface area contributed by atoms with Gasteiger partial charge < -0.3 is 14.4 Å². The van der Waals surface area contributed by atoms with Crippen LogP contribution in [0.1, 0.15) is 30.7 Å². The number of hydrogen-bond donors (Lipinski definition) is 1. The molecule has 1 unspecified atom stereocenters. The monoisotopic (exact) mass is 259 g/mol. The normalized spacial score (nSPS) is 18.5. The summed E-state index contributed by atoms with van der Waals surface area (Å²) in [5.74, 6) is -0.814. The molecule has 0 spiro atoms. The molecule has 2 aromatic rings. The Balaban J connectivity index is 2.22. The predicted octanol–water partition coefficient (Wildman–Crippen LogP) is 2.75. The fourth-order valence-corrected chi connectivity index (χ4v) is 3.06. The summed E-state index contributed by atoms with van der Waals surface area (Å²) in [5, 5.41) is 10.3. The molecule has 1 atom stereocenters. The molecule has 1 N–H and O–H groups in total. The highest BCUT2D eigenvalue weighted by Crippen LogP contribution is 2.37. The minimum absolute atomic E-state index is 0.0311. The van der Waals surface area contributed by atoms with Crippen molar-refractivity contribution in [2.24, 2.45) is 0 Å². The van der Waals surface area contributed by atoms with Crippen molar-refractivity contribution in [1.29, 1.82) is 0 Å². The van der Waals surface area contributed by atoms with Crippen LogP contribution in [0.3, 0.4) is 0 Å². The van der Waals surface area contributed by atoms with Gasteiger partial charge in [-0.3, -0.25) is 4.79 Å². The number of carbonyl (C=O) groups is 1. The molecular formula is C15H17NO3. The van der Waals surface area contributed by atoms with Gasteiger partial charge in [0.2, 0.25) is 0 Å². The smallest absolute Gasteiger partial charge is 0.306 e. The number of ether oxygens (including phenoxy) is 1. The second-order valence-electron chi connectivity index (χ2n) is 4.83. The Morgan fingerprint density at radius 3 is 3.00 bits per heavy atom. The maximum atomic E-state index is 11.0. The highest BCUT2D eigenvalue weighted by atomic mass is 16.5. The maximum absolute atomic E-state index is 11.0. The Labute approximate surface area is 111 Å². The average molecular weight is 259 g/mol. The molecule has 3 rings (SSSR count). The Bertz CT molecular complexity index is 597. The van der Waals surface area contributed by atoms with Gasteiger partial charge in [0.25, 0.3) is 0 Å². The minimum Gasteiger partial charge on any atom is -0.481 e. The van der Waals surface area contributed by atoms with Crippen LogP contribution in [0.15, 0.2) is 24.3 Å². The van der Waals surface area contributed by atoms with E-state index < -0.39 is 5.97 Å². The number of carboxylic acid groups (broad SMARTS) is 1. The van der Waals surface area contributed by atoms with Gasteiger partial charge in [-0.05, 0) is 25.0 Å². The van der Waals surface area contributed by atoms with Crippen LogP contribution < -0.4 is 0 Å². The lowest BCUT2D eigenvalue weighted by molar-refractivity contribution is -0.140. The standard InChI is InChI=1S/C15H17NO3/c1-2-16-12-6-4-3-5-10(12)11-7-8-19-13(15(11)16)9-14(17)18/h3-6,13H,2,7-9H2,1H3,(H,17,18). The molecule has 0 radical (unpaired) electrons. The molecule has 0 bridgehead atoms. The van der Waals surface area contributed by atoms with E-state index in [9.17, 15) is 4.79 Å². The fourth-order valence-electron chi connectivity index (χ4n) is 3.06. The molecule has 1 aliphatic heterocycles. The van der Waals surface area contributed by atoms with E-state index >= 15 is 0 Å². The van der Waals surface area contributed by atoms with Crippen molar-refractivity contribution in [2.45, 2.75) is 32.4 Å². The van der Waals surface area contributed by atoms with E-state index in [0.717, 1.165) is 18.7 Å². The molecule has 0 aliphatic carbocycles. The number of nitrogens with zero attached hydrogens (tertiary/aromatic N) is 1. The van der Waals surface area contributed by atoms with Gasteiger partial charge >= 0.3 is 5.97 Å². The quantitative estimate of drug-likeness (QED) is 0.922. The molecule has 0 saturated heterocycles. The van der Waals surface area contributed by atoms with Crippen molar-refractivity contribution >= 4 is 16.9 Å². The SMILES string of the molecule is CCn1c2c(c3ccccc31)CCOC2CC(=O)O. The van der Waals surface area contributed by atoms with E-state index in [1.165, 1.54) is 16.5 Å². The number of benzene rings is 1. The second-order valence-corrected chi connectivity index (χ2v) is 4.83. The number of rotatable bonds is 3. The lowest BCUT2D eigenvalue weighted by atomic mass is 10.0. The van der Waals surface area contributed by atoms with E-state index in [2.05, 4.69) is 23.6 Å². The molecule has 19 heavy (non-hydrogen) atoms. The molecule has 100 valence electrons. The first kappa shape index (κ1) is 12.2. The van der Waals surface area contributed by atoms with Crippen LogP contribution >= 0.6 is 0 Å². The summed E-state index contributed by atoms with van der Waals surface area (Å²) in [7, 11) is 0. The van der Waals surface area contributed by atoms with Crippen LogP contribution in [0.25, 0.3) is 10.9 Å². The highest BCUT2D eigenvalue weighted by Gasteiger charge is 2.29. The van der Waals surface area contributed by atoms with Gasteiger partial charge in [-0.25, -0.2) is 0 Å². The molecular weight excluding hydrogens is 242 g/mol.